The predicted octanol–water partition coefficient (Wildman–Crippen LogP) is 3.66. The van der Waals surface area contributed by atoms with Gasteiger partial charge in [0.15, 0.2) is 0 Å². The van der Waals surface area contributed by atoms with Crippen molar-refractivity contribution in [2.24, 2.45) is 0 Å². The van der Waals surface area contributed by atoms with Crippen molar-refractivity contribution in [1.82, 2.24) is 5.32 Å². The molecule has 0 spiro atoms. The Morgan fingerprint density at radius 2 is 1.74 bits per heavy atom. The summed E-state index contributed by atoms with van der Waals surface area (Å²) in [6, 6.07) is 17.8. The number of benzene rings is 2. The summed E-state index contributed by atoms with van der Waals surface area (Å²) in [5, 5.41) is 12.7. The van der Waals surface area contributed by atoms with Crippen molar-refractivity contribution in [3.8, 4) is 0 Å². The molecule has 3 nitrogen and oxygen atoms in total. The molecule has 0 heterocycles. The fraction of sp³-hybridized carbons (Fsp3) is 0.278. The number of amides is 1. The Morgan fingerprint density at radius 3 is 2.35 bits per heavy atom. The molecule has 2 aromatic rings. The molecule has 0 bridgehead atoms. The number of thioether (sulfide) groups is 1. The first-order chi connectivity index (χ1) is 11.1. The molecular weight excluding hydrogens is 330 g/mol. The molecule has 0 radical (unpaired) electrons. The first-order valence-electron chi connectivity index (χ1n) is 7.43. The van der Waals surface area contributed by atoms with Crippen LogP contribution in [0.5, 0.6) is 0 Å². The maximum Gasteiger partial charge on any atom is 0.230 e. The minimum Gasteiger partial charge on any atom is -0.392 e. The quantitative estimate of drug-likeness (QED) is 0.802. The Bertz CT molecular complexity index is 617. The summed E-state index contributed by atoms with van der Waals surface area (Å²) in [7, 11) is 0. The molecule has 2 unspecified atom stereocenters. The van der Waals surface area contributed by atoms with Crippen LogP contribution in [-0.2, 0) is 4.79 Å². The molecule has 0 aliphatic rings. The van der Waals surface area contributed by atoms with E-state index in [1.165, 1.54) is 0 Å². The number of hydrogen-bond acceptors (Lipinski definition) is 3. The van der Waals surface area contributed by atoms with Crippen LogP contribution in [0, 0.1) is 0 Å². The zero-order chi connectivity index (χ0) is 16.7. The van der Waals surface area contributed by atoms with E-state index in [2.05, 4.69) is 17.4 Å². The van der Waals surface area contributed by atoms with Crippen molar-refractivity contribution in [3.05, 3.63) is 70.7 Å². The van der Waals surface area contributed by atoms with E-state index in [-0.39, 0.29) is 17.7 Å². The molecule has 23 heavy (non-hydrogen) atoms. The van der Waals surface area contributed by atoms with E-state index >= 15 is 0 Å². The highest BCUT2D eigenvalue weighted by atomic mass is 35.5. The molecule has 0 aromatic heterocycles. The molecule has 2 N–H and O–H groups in total. The molecule has 122 valence electrons. The maximum atomic E-state index is 11.9. The van der Waals surface area contributed by atoms with Gasteiger partial charge >= 0.3 is 0 Å². The van der Waals surface area contributed by atoms with Gasteiger partial charge in [-0.05, 0) is 30.2 Å². The van der Waals surface area contributed by atoms with Gasteiger partial charge in [0.1, 0.15) is 0 Å². The van der Waals surface area contributed by atoms with Gasteiger partial charge in [-0.1, -0.05) is 54.1 Å². The summed E-state index contributed by atoms with van der Waals surface area (Å²) in [6.45, 7) is 1.92. The Labute approximate surface area is 146 Å². The topological polar surface area (TPSA) is 49.3 Å². The maximum absolute atomic E-state index is 11.9. The van der Waals surface area contributed by atoms with Crippen LogP contribution in [0.1, 0.15) is 23.3 Å². The lowest BCUT2D eigenvalue weighted by molar-refractivity contribution is -0.118. The molecule has 0 fully saturated rings. The number of halogens is 1. The van der Waals surface area contributed by atoms with Gasteiger partial charge in [-0.3, -0.25) is 4.79 Å². The van der Waals surface area contributed by atoms with Crippen molar-refractivity contribution in [1.29, 1.82) is 0 Å². The number of carbonyl (C=O) groups is 1. The first kappa shape index (κ1) is 17.9. The number of hydrogen-bond donors (Lipinski definition) is 2. The minimum absolute atomic E-state index is 0.0609. The van der Waals surface area contributed by atoms with E-state index in [0.717, 1.165) is 11.1 Å². The summed E-state index contributed by atoms with van der Waals surface area (Å²) < 4.78 is 0. The second-order valence-electron chi connectivity index (χ2n) is 5.31. The monoisotopic (exact) mass is 349 g/mol. The molecule has 5 heteroatoms. The molecule has 1 amide bonds. The van der Waals surface area contributed by atoms with Gasteiger partial charge in [0, 0.05) is 11.6 Å². The molecule has 2 aromatic carbocycles. The lowest BCUT2D eigenvalue weighted by atomic mass is 10.0. The average molecular weight is 350 g/mol. The zero-order valence-electron chi connectivity index (χ0n) is 12.9. The van der Waals surface area contributed by atoms with Crippen molar-refractivity contribution >= 4 is 29.3 Å². The number of aliphatic hydroxyl groups excluding tert-OH is 1. The smallest absolute Gasteiger partial charge is 0.230 e. The summed E-state index contributed by atoms with van der Waals surface area (Å²) in [5.74, 6) is 0.250. The van der Waals surface area contributed by atoms with Crippen LogP contribution >= 0.6 is 23.4 Å². The normalized spacial score (nSPS) is 13.3. The van der Waals surface area contributed by atoms with Gasteiger partial charge in [0.05, 0.1) is 17.1 Å². The molecular formula is C18H20ClNO2S. The van der Waals surface area contributed by atoms with Crippen LogP contribution in [0.4, 0.5) is 0 Å². The highest BCUT2D eigenvalue weighted by Gasteiger charge is 2.16. The Balaban J connectivity index is 2.09. The highest BCUT2D eigenvalue weighted by molar-refractivity contribution is 8.00. The SMILES string of the molecule is CC(O)CNC(=O)CSC(c1ccccc1)c1ccc(Cl)cc1. The largest absolute Gasteiger partial charge is 0.392 e. The first-order valence-corrected chi connectivity index (χ1v) is 8.85. The van der Waals surface area contributed by atoms with Crippen LogP contribution in [0.25, 0.3) is 0 Å². The number of nitrogens with one attached hydrogen (secondary N) is 1. The Hall–Kier alpha value is -1.49. The van der Waals surface area contributed by atoms with E-state index in [1.807, 2.05) is 42.5 Å². The van der Waals surface area contributed by atoms with E-state index in [0.29, 0.717) is 10.8 Å². The van der Waals surface area contributed by atoms with E-state index in [4.69, 9.17) is 11.6 Å². The summed E-state index contributed by atoms with van der Waals surface area (Å²) >= 11 is 7.52. The molecule has 2 rings (SSSR count). The molecule has 0 saturated heterocycles. The van der Waals surface area contributed by atoms with Crippen molar-refractivity contribution < 1.29 is 9.90 Å². The summed E-state index contributed by atoms with van der Waals surface area (Å²) in [6.07, 6.45) is -0.537. The van der Waals surface area contributed by atoms with Gasteiger partial charge < -0.3 is 10.4 Å². The van der Waals surface area contributed by atoms with Crippen LogP contribution in [0.2, 0.25) is 5.02 Å². The summed E-state index contributed by atoms with van der Waals surface area (Å²) in [5.41, 5.74) is 2.25. The van der Waals surface area contributed by atoms with Crippen molar-refractivity contribution in [2.75, 3.05) is 12.3 Å². The third-order valence-electron chi connectivity index (χ3n) is 3.25. The molecule has 0 aliphatic heterocycles. The fourth-order valence-corrected chi connectivity index (χ4v) is 3.37. The van der Waals surface area contributed by atoms with Gasteiger partial charge in [-0.25, -0.2) is 0 Å². The van der Waals surface area contributed by atoms with Gasteiger partial charge in [0.2, 0.25) is 5.91 Å². The van der Waals surface area contributed by atoms with Crippen LogP contribution in [0.3, 0.4) is 0 Å². The number of rotatable bonds is 7. The highest BCUT2D eigenvalue weighted by Crippen LogP contribution is 2.35. The standard InChI is InChI=1S/C18H20ClNO2S/c1-13(21)11-20-17(22)12-23-18(14-5-3-2-4-6-14)15-7-9-16(19)10-8-15/h2-10,13,18,21H,11-12H2,1H3,(H,20,22). The molecule has 0 saturated carbocycles. The second-order valence-corrected chi connectivity index (χ2v) is 6.84. The second kappa shape index (κ2) is 8.96. The lowest BCUT2D eigenvalue weighted by Crippen LogP contribution is -2.32. The number of carbonyl (C=O) groups excluding carboxylic acids is 1. The zero-order valence-corrected chi connectivity index (χ0v) is 14.5. The van der Waals surface area contributed by atoms with Gasteiger partial charge in [-0.15, -0.1) is 11.8 Å². The molecule has 0 aliphatic carbocycles. The molecule has 2 atom stereocenters. The Morgan fingerprint density at radius 1 is 1.13 bits per heavy atom. The van der Waals surface area contributed by atoms with Crippen molar-refractivity contribution in [2.45, 2.75) is 18.3 Å². The average Bonchev–Trinajstić information content (AvgIpc) is 2.55. The fourth-order valence-electron chi connectivity index (χ4n) is 2.12. The third kappa shape index (κ3) is 5.90. The van der Waals surface area contributed by atoms with E-state index in [1.54, 1.807) is 18.7 Å². The number of aliphatic hydroxyl groups is 1. The van der Waals surface area contributed by atoms with Gasteiger partial charge in [0.25, 0.3) is 0 Å². The van der Waals surface area contributed by atoms with Crippen LogP contribution in [-0.4, -0.2) is 29.4 Å². The predicted molar refractivity (Wildman–Crippen MR) is 96.9 cm³/mol. The van der Waals surface area contributed by atoms with E-state index in [9.17, 15) is 9.90 Å². The van der Waals surface area contributed by atoms with Crippen molar-refractivity contribution in [3.63, 3.8) is 0 Å². The van der Waals surface area contributed by atoms with Crippen LogP contribution < -0.4 is 5.32 Å². The third-order valence-corrected chi connectivity index (χ3v) is 4.81. The van der Waals surface area contributed by atoms with Crippen LogP contribution in [0.15, 0.2) is 54.6 Å². The Kier molecular flexibility index (Phi) is 6.96. The summed E-state index contributed by atoms with van der Waals surface area (Å²) in [4.78, 5) is 11.9. The van der Waals surface area contributed by atoms with Gasteiger partial charge in [-0.2, -0.15) is 0 Å². The van der Waals surface area contributed by atoms with E-state index < -0.39 is 6.10 Å². The lowest BCUT2D eigenvalue weighted by Gasteiger charge is -2.18. The minimum atomic E-state index is -0.537.